The van der Waals surface area contributed by atoms with Crippen molar-refractivity contribution in [3.05, 3.63) is 35.7 Å². The molecular weight excluding hydrogens is 366 g/mol. The molecule has 156 valence electrons. The van der Waals surface area contributed by atoms with Gasteiger partial charge in [-0.05, 0) is 44.9 Å². The average molecular weight is 398 g/mol. The second-order valence-corrected chi connectivity index (χ2v) is 8.09. The van der Waals surface area contributed by atoms with Crippen molar-refractivity contribution in [3.8, 4) is 0 Å². The number of nitrogens with two attached hydrogens (primary N) is 1. The van der Waals surface area contributed by atoms with E-state index in [1.807, 2.05) is 43.5 Å². The molecule has 8 heteroatoms. The van der Waals surface area contributed by atoms with Gasteiger partial charge in [-0.3, -0.25) is 0 Å². The average Bonchev–Trinajstić information content (AvgIpc) is 3.07. The van der Waals surface area contributed by atoms with Crippen LogP contribution >= 0.6 is 0 Å². The highest BCUT2D eigenvalue weighted by Gasteiger charge is 2.22. The molecule has 2 aromatic heterocycles. The van der Waals surface area contributed by atoms with Crippen molar-refractivity contribution in [2.45, 2.75) is 53.3 Å². The molecule has 1 unspecified atom stereocenters. The number of rotatable bonds is 8. The number of imidazole rings is 1. The lowest BCUT2D eigenvalue weighted by Gasteiger charge is -2.26. The molecule has 0 aliphatic carbocycles. The first-order valence-electron chi connectivity index (χ1n) is 9.97. The highest BCUT2D eigenvalue weighted by molar-refractivity contribution is 5.84. The lowest BCUT2D eigenvalue weighted by atomic mass is 9.93. The van der Waals surface area contributed by atoms with Crippen LogP contribution in [0.2, 0.25) is 0 Å². The highest BCUT2D eigenvalue weighted by Crippen LogP contribution is 2.23. The molecule has 0 saturated heterocycles. The first kappa shape index (κ1) is 20.9. The van der Waals surface area contributed by atoms with Gasteiger partial charge in [0, 0.05) is 31.2 Å². The molecule has 3 rings (SSSR count). The van der Waals surface area contributed by atoms with Gasteiger partial charge in [0.25, 0.3) is 0 Å². The third kappa shape index (κ3) is 4.76. The van der Waals surface area contributed by atoms with Crippen LogP contribution < -0.4 is 16.4 Å². The fourth-order valence-corrected chi connectivity index (χ4v) is 2.93. The summed E-state index contributed by atoms with van der Waals surface area (Å²) in [6.07, 6.45) is 1.77. The van der Waals surface area contributed by atoms with Crippen LogP contribution in [0.4, 0.5) is 17.5 Å². The maximum Gasteiger partial charge on any atom is 0.226 e. The largest absolute Gasteiger partial charge is 0.398 e. The summed E-state index contributed by atoms with van der Waals surface area (Å²) in [6.45, 7) is 11.5. The van der Waals surface area contributed by atoms with Crippen LogP contribution in [0.1, 0.15) is 38.8 Å². The van der Waals surface area contributed by atoms with E-state index in [-0.39, 0.29) is 5.92 Å². The molecule has 0 bridgehead atoms. The van der Waals surface area contributed by atoms with Crippen LogP contribution in [-0.2, 0) is 13.1 Å². The zero-order valence-electron chi connectivity index (χ0n) is 17.8. The summed E-state index contributed by atoms with van der Waals surface area (Å²) < 4.78 is 1.98. The van der Waals surface area contributed by atoms with E-state index in [0.717, 1.165) is 34.5 Å². The number of nitrogens with one attached hydrogen (secondary N) is 2. The van der Waals surface area contributed by atoms with Gasteiger partial charge in [0.1, 0.15) is 0 Å². The Bertz CT molecular complexity index is 991. The maximum atomic E-state index is 10.2. The second kappa shape index (κ2) is 8.24. The smallest absolute Gasteiger partial charge is 0.226 e. The van der Waals surface area contributed by atoms with Gasteiger partial charge in [-0.25, -0.2) is 4.98 Å². The Morgan fingerprint density at radius 3 is 2.66 bits per heavy atom. The fraction of sp³-hybridized carbons (Fsp3) is 0.476. The summed E-state index contributed by atoms with van der Waals surface area (Å²) in [7, 11) is 0. The monoisotopic (exact) mass is 397 g/mol. The molecule has 3 aromatic rings. The normalized spacial score (nSPS) is 12.9. The molecule has 0 radical (unpaired) electrons. The van der Waals surface area contributed by atoms with Gasteiger partial charge in [-0.15, -0.1) is 0 Å². The lowest BCUT2D eigenvalue weighted by molar-refractivity contribution is 0.0303. The van der Waals surface area contributed by atoms with E-state index < -0.39 is 5.60 Å². The van der Waals surface area contributed by atoms with Gasteiger partial charge in [-0.2, -0.15) is 9.97 Å². The van der Waals surface area contributed by atoms with Gasteiger partial charge in [0.05, 0.1) is 11.9 Å². The summed E-state index contributed by atoms with van der Waals surface area (Å²) in [6, 6.07) is 6.02. The van der Waals surface area contributed by atoms with Crippen molar-refractivity contribution in [1.82, 2.24) is 19.5 Å². The molecule has 0 aliphatic rings. The number of aryl methyl sites for hydroxylation is 2. The topological polar surface area (TPSA) is 114 Å². The lowest BCUT2D eigenvalue weighted by Crippen LogP contribution is -2.33. The minimum absolute atomic E-state index is 0.0293. The minimum Gasteiger partial charge on any atom is -0.398 e. The Morgan fingerprint density at radius 1 is 1.24 bits per heavy atom. The Balaban J connectivity index is 1.87. The SMILES string of the molecule is CCn1cnc2c(NCc3ccc(C)cc3N)nc(NCC(C)C(C)(C)O)nc21. The molecule has 8 nitrogen and oxygen atoms in total. The maximum absolute atomic E-state index is 10.2. The number of anilines is 3. The molecule has 1 aromatic carbocycles. The van der Waals surface area contributed by atoms with Crippen LogP contribution in [-0.4, -0.2) is 36.8 Å². The van der Waals surface area contributed by atoms with Crippen molar-refractivity contribution in [2.24, 2.45) is 5.92 Å². The van der Waals surface area contributed by atoms with E-state index in [1.54, 1.807) is 20.2 Å². The van der Waals surface area contributed by atoms with Gasteiger partial charge in [-0.1, -0.05) is 19.1 Å². The van der Waals surface area contributed by atoms with E-state index in [4.69, 9.17) is 5.73 Å². The zero-order chi connectivity index (χ0) is 21.2. The Morgan fingerprint density at radius 2 is 2.00 bits per heavy atom. The van der Waals surface area contributed by atoms with Gasteiger partial charge >= 0.3 is 0 Å². The highest BCUT2D eigenvalue weighted by atomic mass is 16.3. The summed E-state index contributed by atoms with van der Waals surface area (Å²) in [5.41, 5.74) is 9.73. The van der Waals surface area contributed by atoms with Crippen molar-refractivity contribution in [1.29, 1.82) is 0 Å². The minimum atomic E-state index is -0.785. The second-order valence-electron chi connectivity index (χ2n) is 8.09. The van der Waals surface area contributed by atoms with Crippen LogP contribution in [0, 0.1) is 12.8 Å². The predicted molar refractivity (Wildman–Crippen MR) is 118 cm³/mol. The standard InChI is InChI=1S/C21H31N7O/c1-6-28-12-25-17-18(23-11-15-8-7-13(2)9-16(15)22)26-20(27-19(17)28)24-10-14(3)21(4,5)29/h7-9,12,14,29H,6,10-11,22H2,1-5H3,(H2,23,24,26,27). The molecule has 0 aliphatic heterocycles. The van der Waals surface area contributed by atoms with Crippen molar-refractivity contribution in [3.63, 3.8) is 0 Å². The molecule has 29 heavy (non-hydrogen) atoms. The third-order valence-electron chi connectivity index (χ3n) is 5.32. The first-order chi connectivity index (χ1) is 13.7. The number of benzene rings is 1. The summed E-state index contributed by atoms with van der Waals surface area (Å²) in [5.74, 6) is 1.19. The predicted octanol–water partition coefficient (Wildman–Crippen LogP) is 3.17. The molecule has 2 heterocycles. The number of aromatic nitrogens is 4. The quantitative estimate of drug-likeness (QED) is 0.432. The van der Waals surface area contributed by atoms with E-state index in [9.17, 15) is 5.11 Å². The summed E-state index contributed by atoms with van der Waals surface area (Å²) >= 11 is 0. The Labute approximate surface area is 171 Å². The molecule has 1 atom stereocenters. The number of fused-ring (bicyclic) bond motifs is 1. The Hall–Kier alpha value is -2.87. The van der Waals surface area contributed by atoms with Gasteiger partial charge in [0.15, 0.2) is 17.0 Å². The molecule has 0 spiro atoms. The van der Waals surface area contributed by atoms with Crippen molar-refractivity contribution < 1.29 is 5.11 Å². The van der Waals surface area contributed by atoms with Gasteiger partial charge in [0.2, 0.25) is 5.95 Å². The number of hydrogen-bond acceptors (Lipinski definition) is 7. The van der Waals surface area contributed by atoms with E-state index >= 15 is 0 Å². The van der Waals surface area contributed by atoms with Gasteiger partial charge < -0.3 is 26.0 Å². The molecule has 0 fully saturated rings. The van der Waals surface area contributed by atoms with Crippen LogP contribution in [0.3, 0.4) is 0 Å². The Kier molecular flexibility index (Phi) is 5.93. The molecule has 0 saturated carbocycles. The van der Waals surface area contributed by atoms with Crippen LogP contribution in [0.5, 0.6) is 0 Å². The van der Waals surface area contributed by atoms with E-state index in [1.165, 1.54) is 0 Å². The first-order valence-corrected chi connectivity index (χ1v) is 9.97. The third-order valence-corrected chi connectivity index (χ3v) is 5.32. The van der Waals surface area contributed by atoms with Crippen molar-refractivity contribution >= 4 is 28.6 Å². The zero-order valence-corrected chi connectivity index (χ0v) is 17.8. The molecule has 5 N–H and O–H groups in total. The van der Waals surface area contributed by atoms with E-state index in [0.29, 0.717) is 24.9 Å². The summed E-state index contributed by atoms with van der Waals surface area (Å²) in [5, 5.41) is 16.8. The van der Waals surface area contributed by atoms with E-state index in [2.05, 4.69) is 25.6 Å². The fourth-order valence-electron chi connectivity index (χ4n) is 2.93. The molecular formula is C21H31N7O. The number of nitrogens with zero attached hydrogens (tertiary/aromatic N) is 4. The van der Waals surface area contributed by atoms with Crippen molar-refractivity contribution in [2.75, 3.05) is 22.9 Å². The van der Waals surface area contributed by atoms with Crippen LogP contribution in [0.15, 0.2) is 24.5 Å². The number of aliphatic hydroxyl groups is 1. The van der Waals surface area contributed by atoms with Crippen LogP contribution in [0.25, 0.3) is 11.2 Å². The number of hydrogen-bond donors (Lipinski definition) is 4. The number of nitrogen functional groups attached to an aromatic ring is 1. The molecule has 0 amide bonds. The summed E-state index contributed by atoms with van der Waals surface area (Å²) in [4.78, 5) is 13.8.